The number of sulfonamides is 1. The van der Waals surface area contributed by atoms with Crippen molar-refractivity contribution < 1.29 is 13.2 Å². The van der Waals surface area contributed by atoms with Crippen molar-refractivity contribution in [2.75, 3.05) is 19.4 Å². The van der Waals surface area contributed by atoms with Gasteiger partial charge >= 0.3 is 0 Å². The first kappa shape index (κ1) is 20.1. The highest BCUT2D eigenvalue weighted by Crippen LogP contribution is 2.29. The van der Waals surface area contributed by atoms with Crippen LogP contribution in [0.4, 0.5) is 5.69 Å². The van der Waals surface area contributed by atoms with Crippen molar-refractivity contribution in [3.63, 3.8) is 0 Å². The SMILES string of the molecule is CN(C)S(=O)(=O)c1ccc(Cl)c(C(=O)Nc2ccccc2-c2ccccc2)c1. The number of nitrogens with zero attached hydrogens (tertiary/aromatic N) is 1. The lowest BCUT2D eigenvalue weighted by atomic mass is 10.0. The molecular formula is C21H19ClN2O3S. The van der Waals surface area contributed by atoms with Crippen molar-refractivity contribution in [1.82, 2.24) is 4.31 Å². The highest BCUT2D eigenvalue weighted by Gasteiger charge is 2.21. The van der Waals surface area contributed by atoms with Gasteiger partial charge < -0.3 is 5.32 Å². The van der Waals surface area contributed by atoms with Crippen molar-refractivity contribution in [2.24, 2.45) is 0 Å². The molecule has 1 amide bonds. The minimum absolute atomic E-state index is 0.00314. The van der Waals surface area contributed by atoms with E-state index in [2.05, 4.69) is 5.32 Å². The minimum atomic E-state index is -3.68. The maximum absolute atomic E-state index is 12.9. The Bertz CT molecular complexity index is 1110. The predicted molar refractivity (Wildman–Crippen MR) is 112 cm³/mol. The van der Waals surface area contributed by atoms with Gasteiger partial charge in [-0.3, -0.25) is 4.79 Å². The molecule has 5 nitrogen and oxygen atoms in total. The molecule has 1 N–H and O–H groups in total. The summed E-state index contributed by atoms with van der Waals surface area (Å²) in [6.07, 6.45) is 0. The molecule has 0 unspecified atom stereocenters. The number of anilines is 1. The van der Waals surface area contributed by atoms with Gasteiger partial charge in [0.25, 0.3) is 5.91 Å². The second kappa shape index (κ2) is 8.14. The Morgan fingerprint density at radius 3 is 2.25 bits per heavy atom. The molecule has 0 radical (unpaired) electrons. The molecule has 0 aromatic heterocycles. The molecule has 3 aromatic carbocycles. The van der Waals surface area contributed by atoms with Crippen LogP contribution in [0.15, 0.2) is 77.7 Å². The zero-order valence-corrected chi connectivity index (χ0v) is 17.0. The Hall–Kier alpha value is -2.67. The summed E-state index contributed by atoms with van der Waals surface area (Å²) < 4.78 is 25.8. The molecule has 28 heavy (non-hydrogen) atoms. The summed E-state index contributed by atoms with van der Waals surface area (Å²) in [4.78, 5) is 12.9. The summed E-state index contributed by atoms with van der Waals surface area (Å²) in [6.45, 7) is 0. The minimum Gasteiger partial charge on any atom is -0.321 e. The zero-order chi connectivity index (χ0) is 20.3. The molecular weight excluding hydrogens is 396 g/mol. The summed E-state index contributed by atoms with van der Waals surface area (Å²) in [5.41, 5.74) is 2.50. The molecule has 0 saturated heterocycles. The maximum Gasteiger partial charge on any atom is 0.257 e. The maximum atomic E-state index is 12.9. The van der Waals surface area contributed by atoms with E-state index in [1.807, 2.05) is 48.5 Å². The van der Waals surface area contributed by atoms with Crippen molar-refractivity contribution in [3.05, 3.63) is 83.4 Å². The fourth-order valence-electron chi connectivity index (χ4n) is 2.70. The van der Waals surface area contributed by atoms with Crippen molar-refractivity contribution in [3.8, 4) is 11.1 Å². The standard InChI is InChI=1S/C21H19ClN2O3S/c1-24(2)28(26,27)16-12-13-19(22)18(14-16)21(25)23-20-11-7-6-10-17(20)15-8-4-3-5-9-15/h3-14H,1-2H3,(H,23,25). The lowest BCUT2D eigenvalue weighted by Gasteiger charge is -2.14. The van der Waals surface area contributed by atoms with Crippen LogP contribution in [0.2, 0.25) is 5.02 Å². The van der Waals surface area contributed by atoms with E-state index >= 15 is 0 Å². The first-order valence-corrected chi connectivity index (χ1v) is 10.3. The fraction of sp³-hybridized carbons (Fsp3) is 0.0952. The van der Waals surface area contributed by atoms with Crippen LogP contribution in [0.1, 0.15) is 10.4 Å². The lowest BCUT2D eigenvalue weighted by Crippen LogP contribution is -2.23. The van der Waals surface area contributed by atoms with Gasteiger partial charge in [-0.15, -0.1) is 0 Å². The first-order chi connectivity index (χ1) is 13.3. The normalized spacial score (nSPS) is 11.4. The van der Waals surface area contributed by atoms with Crippen LogP contribution in [0, 0.1) is 0 Å². The number of carbonyl (C=O) groups is 1. The molecule has 3 rings (SSSR count). The first-order valence-electron chi connectivity index (χ1n) is 8.48. The Balaban J connectivity index is 1.97. The predicted octanol–water partition coefficient (Wildman–Crippen LogP) is 4.51. The molecule has 0 fully saturated rings. The van der Waals surface area contributed by atoms with Crippen LogP contribution in [0.25, 0.3) is 11.1 Å². The monoisotopic (exact) mass is 414 g/mol. The van der Waals surface area contributed by atoms with Crippen LogP contribution in [-0.4, -0.2) is 32.7 Å². The molecule has 0 aliphatic heterocycles. The number of hydrogen-bond donors (Lipinski definition) is 1. The molecule has 144 valence electrons. The van der Waals surface area contributed by atoms with Gasteiger partial charge in [-0.1, -0.05) is 60.1 Å². The third kappa shape index (κ3) is 4.09. The van der Waals surface area contributed by atoms with Gasteiger partial charge in [-0.2, -0.15) is 0 Å². The lowest BCUT2D eigenvalue weighted by molar-refractivity contribution is 0.102. The number of amides is 1. The van der Waals surface area contributed by atoms with Crippen molar-refractivity contribution in [1.29, 1.82) is 0 Å². The average Bonchev–Trinajstić information content (AvgIpc) is 2.69. The van der Waals surface area contributed by atoms with Gasteiger partial charge in [0, 0.05) is 25.3 Å². The van der Waals surface area contributed by atoms with Gasteiger partial charge in [0.15, 0.2) is 0 Å². The smallest absolute Gasteiger partial charge is 0.257 e. The fourth-order valence-corrected chi connectivity index (χ4v) is 3.83. The number of carbonyl (C=O) groups excluding carboxylic acids is 1. The van der Waals surface area contributed by atoms with E-state index in [9.17, 15) is 13.2 Å². The summed E-state index contributed by atoms with van der Waals surface area (Å²) in [5.74, 6) is -0.482. The summed E-state index contributed by atoms with van der Waals surface area (Å²) in [5, 5.41) is 3.02. The molecule has 7 heteroatoms. The van der Waals surface area contributed by atoms with E-state index < -0.39 is 15.9 Å². The second-order valence-electron chi connectivity index (χ2n) is 6.29. The topological polar surface area (TPSA) is 66.5 Å². The Morgan fingerprint density at radius 2 is 1.57 bits per heavy atom. The van der Waals surface area contributed by atoms with Gasteiger partial charge in [0.1, 0.15) is 0 Å². The molecule has 0 saturated carbocycles. The quantitative estimate of drug-likeness (QED) is 0.667. The van der Waals surface area contributed by atoms with E-state index in [1.54, 1.807) is 6.07 Å². The summed E-state index contributed by atoms with van der Waals surface area (Å²) in [7, 11) is -0.818. The van der Waals surface area contributed by atoms with Crippen LogP contribution in [-0.2, 0) is 10.0 Å². The number of hydrogen-bond acceptors (Lipinski definition) is 3. The molecule has 0 bridgehead atoms. The van der Waals surface area contributed by atoms with E-state index in [4.69, 9.17) is 11.6 Å². The largest absolute Gasteiger partial charge is 0.321 e. The van der Waals surface area contributed by atoms with E-state index in [-0.39, 0.29) is 15.5 Å². The summed E-state index contributed by atoms with van der Waals surface area (Å²) in [6, 6.07) is 21.1. The average molecular weight is 415 g/mol. The number of rotatable bonds is 5. The van der Waals surface area contributed by atoms with Crippen molar-refractivity contribution >= 4 is 33.2 Å². The van der Waals surface area contributed by atoms with Gasteiger partial charge in [-0.25, -0.2) is 12.7 Å². The van der Waals surface area contributed by atoms with Crippen LogP contribution < -0.4 is 5.32 Å². The number of benzene rings is 3. The highest BCUT2D eigenvalue weighted by atomic mass is 35.5. The molecule has 0 aliphatic rings. The van der Waals surface area contributed by atoms with E-state index in [1.165, 1.54) is 32.3 Å². The molecule has 0 heterocycles. The van der Waals surface area contributed by atoms with Gasteiger partial charge in [-0.05, 0) is 29.8 Å². The zero-order valence-electron chi connectivity index (χ0n) is 15.4. The number of halogens is 1. The molecule has 0 spiro atoms. The van der Waals surface area contributed by atoms with Gasteiger partial charge in [0.2, 0.25) is 10.0 Å². The molecule has 0 aliphatic carbocycles. The Morgan fingerprint density at radius 1 is 0.929 bits per heavy atom. The number of nitrogens with one attached hydrogen (secondary N) is 1. The van der Waals surface area contributed by atoms with E-state index in [0.717, 1.165) is 15.4 Å². The second-order valence-corrected chi connectivity index (χ2v) is 8.85. The Kier molecular flexibility index (Phi) is 5.84. The molecule has 0 atom stereocenters. The van der Waals surface area contributed by atoms with Crippen molar-refractivity contribution in [2.45, 2.75) is 4.90 Å². The highest BCUT2D eigenvalue weighted by molar-refractivity contribution is 7.89. The van der Waals surface area contributed by atoms with Crippen LogP contribution >= 0.6 is 11.6 Å². The van der Waals surface area contributed by atoms with Crippen LogP contribution in [0.3, 0.4) is 0 Å². The Labute approximate surface area is 169 Å². The third-order valence-electron chi connectivity index (χ3n) is 4.22. The summed E-state index contributed by atoms with van der Waals surface area (Å²) >= 11 is 6.17. The van der Waals surface area contributed by atoms with Gasteiger partial charge in [0.05, 0.1) is 15.5 Å². The number of para-hydroxylation sites is 1. The molecule has 3 aromatic rings. The third-order valence-corrected chi connectivity index (χ3v) is 6.36. The van der Waals surface area contributed by atoms with Crippen LogP contribution in [0.5, 0.6) is 0 Å². The van der Waals surface area contributed by atoms with E-state index in [0.29, 0.717) is 5.69 Å².